The molecule has 0 saturated heterocycles. The van der Waals surface area contributed by atoms with Gasteiger partial charge in [0.05, 0.1) is 18.8 Å². The summed E-state index contributed by atoms with van der Waals surface area (Å²) in [5.74, 6) is 0.856. The van der Waals surface area contributed by atoms with E-state index in [2.05, 4.69) is 35.6 Å². The van der Waals surface area contributed by atoms with Gasteiger partial charge < -0.3 is 10.1 Å². The monoisotopic (exact) mass is 318 g/mol. The van der Waals surface area contributed by atoms with Crippen molar-refractivity contribution in [1.82, 2.24) is 5.01 Å². The van der Waals surface area contributed by atoms with Crippen LogP contribution in [0.25, 0.3) is 0 Å². The number of rotatable bonds is 9. The van der Waals surface area contributed by atoms with Crippen LogP contribution in [-0.4, -0.2) is 37.8 Å². The molecule has 1 aromatic rings. The Morgan fingerprint density at radius 2 is 2.04 bits per heavy atom. The predicted molar refractivity (Wildman–Crippen MR) is 97.1 cm³/mol. The van der Waals surface area contributed by atoms with E-state index in [4.69, 9.17) is 4.74 Å². The van der Waals surface area contributed by atoms with Crippen LogP contribution in [0.15, 0.2) is 46.3 Å². The highest BCUT2D eigenvalue weighted by atomic mass is 16.5. The molecule has 1 unspecified atom stereocenters. The molecule has 23 heavy (non-hydrogen) atoms. The standard InChI is InChI=1S/C18H30N4O/c1-7-15(4)16(12-13-22(5)21-20-14(2)3)19-17-10-8-9-11-18(17)23-6/h7-11,14,16,19H,12-13H2,1-6H3/b15-7+,21-20-. The van der Waals surface area contributed by atoms with Gasteiger partial charge in [-0.25, -0.2) is 0 Å². The zero-order valence-electron chi connectivity index (χ0n) is 15.2. The van der Waals surface area contributed by atoms with Gasteiger partial charge in [0.1, 0.15) is 5.75 Å². The molecule has 0 spiro atoms. The fraction of sp³-hybridized carbons (Fsp3) is 0.556. The largest absolute Gasteiger partial charge is 0.495 e. The van der Waals surface area contributed by atoms with Crippen LogP contribution in [0.4, 0.5) is 5.69 Å². The maximum absolute atomic E-state index is 5.42. The number of methoxy groups -OCH3 is 1. The molecule has 0 bridgehead atoms. The Balaban J connectivity index is 2.74. The van der Waals surface area contributed by atoms with Gasteiger partial charge in [0.2, 0.25) is 0 Å². The van der Waals surface area contributed by atoms with Crippen LogP contribution in [-0.2, 0) is 0 Å². The lowest BCUT2D eigenvalue weighted by Gasteiger charge is -2.24. The molecule has 5 nitrogen and oxygen atoms in total. The molecular weight excluding hydrogens is 288 g/mol. The van der Waals surface area contributed by atoms with Gasteiger partial charge in [-0.05, 0) is 46.2 Å². The highest BCUT2D eigenvalue weighted by Gasteiger charge is 2.13. The Kier molecular flexibility index (Phi) is 8.16. The van der Waals surface area contributed by atoms with E-state index < -0.39 is 0 Å². The molecule has 0 saturated carbocycles. The summed E-state index contributed by atoms with van der Waals surface area (Å²) in [5.41, 5.74) is 2.30. The Morgan fingerprint density at radius 3 is 2.65 bits per heavy atom. The molecule has 5 heteroatoms. The molecule has 0 aliphatic carbocycles. The van der Waals surface area contributed by atoms with Gasteiger partial charge in [-0.2, -0.15) is 5.11 Å². The van der Waals surface area contributed by atoms with Crippen LogP contribution in [0, 0.1) is 0 Å². The van der Waals surface area contributed by atoms with E-state index in [0.717, 1.165) is 24.4 Å². The van der Waals surface area contributed by atoms with Gasteiger partial charge in [0.15, 0.2) is 0 Å². The van der Waals surface area contributed by atoms with Crippen molar-refractivity contribution in [1.29, 1.82) is 0 Å². The van der Waals surface area contributed by atoms with E-state index in [0.29, 0.717) is 0 Å². The second-order valence-corrected chi connectivity index (χ2v) is 5.90. The van der Waals surface area contributed by atoms with Crippen molar-refractivity contribution >= 4 is 5.69 Å². The molecule has 1 atom stereocenters. The van der Waals surface area contributed by atoms with Crippen LogP contribution in [0.3, 0.4) is 0 Å². The van der Waals surface area contributed by atoms with Crippen LogP contribution in [0.1, 0.15) is 34.1 Å². The number of nitrogens with one attached hydrogen (secondary N) is 1. The Bertz CT molecular complexity index is 526. The van der Waals surface area contributed by atoms with Gasteiger partial charge >= 0.3 is 0 Å². The van der Waals surface area contributed by atoms with Crippen molar-refractivity contribution in [2.45, 2.75) is 46.2 Å². The SMILES string of the molecule is C/C=C(\C)C(CCN(C)/N=N\C(C)C)Nc1ccccc1OC. The van der Waals surface area contributed by atoms with E-state index in [1.807, 2.05) is 50.2 Å². The fourth-order valence-electron chi connectivity index (χ4n) is 2.12. The quantitative estimate of drug-likeness (QED) is 0.413. The Morgan fingerprint density at radius 1 is 1.35 bits per heavy atom. The number of allylic oxidation sites excluding steroid dienone is 1. The minimum absolute atomic E-state index is 0.220. The molecule has 0 aromatic heterocycles. The van der Waals surface area contributed by atoms with Crippen molar-refractivity contribution in [3.05, 3.63) is 35.9 Å². The molecule has 0 fully saturated rings. The Hall–Kier alpha value is -2.04. The van der Waals surface area contributed by atoms with Crippen molar-refractivity contribution in [3.63, 3.8) is 0 Å². The summed E-state index contributed by atoms with van der Waals surface area (Å²) in [6, 6.07) is 8.44. The lowest BCUT2D eigenvalue weighted by Crippen LogP contribution is -2.26. The first-order chi connectivity index (χ1) is 11.0. The smallest absolute Gasteiger partial charge is 0.141 e. The van der Waals surface area contributed by atoms with Crippen molar-refractivity contribution < 1.29 is 4.74 Å². The second-order valence-electron chi connectivity index (χ2n) is 5.90. The summed E-state index contributed by atoms with van der Waals surface area (Å²) in [4.78, 5) is 0. The number of hydrogen-bond donors (Lipinski definition) is 1. The number of ether oxygens (including phenoxy) is 1. The van der Waals surface area contributed by atoms with Crippen molar-refractivity contribution in [2.24, 2.45) is 10.3 Å². The first kappa shape index (κ1) is 19.0. The van der Waals surface area contributed by atoms with Gasteiger partial charge in [-0.3, -0.25) is 5.01 Å². The summed E-state index contributed by atoms with van der Waals surface area (Å²) < 4.78 is 5.42. The molecule has 0 aliphatic rings. The maximum Gasteiger partial charge on any atom is 0.141 e. The van der Waals surface area contributed by atoms with E-state index in [9.17, 15) is 0 Å². The van der Waals surface area contributed by atoms with E-state index in [1.165, 1.54) is 5.57 Å². The third-order valence-corrected chi connectivity index (χ3v) is 3.62. The van der Waals surface area contributed by atoms with E-state index in [-0.39, 0.29) is 12.1 Å². The number of para-hydroxylation sites is 2. The normalized spacial score (nSPS) is 13.4. The van der Waals surface area contributed by atoms with Crippen LogP contribution in [0.5, 0.6) is 5.75 Å². The summed E-state index contributed by atoms with van der Waals surface area (Å²) in [7, 11) is 3.65. The lowest BCUT2D eigenvalue weighted by molar-refractivity contribution is 0.312. The van der Waals surface area contributed by atoms with Crippen LogP contribution >= 0.6 is 0 Å². The third kappa shape index (κ3) is 6.72. The average Bonchev–Trinajstić information content (AvgIpc) is 2.56. The summed E-state index contributed by atoms with van der Waals surface area (Å²) in [5, 5.41) is 13.8. The fourth-order valence-corrected chi connectivity index (χ4v) is 2.12. The molecule has 1 rings (SSSR count). The molecule has 0 heterocycles. The van der Waals surface area contributed by atoms with Crippen LogP contribution in [0.2, 0.25) is 0 Å². The predicted octanol–water partition coefficient (Wildman–Crippen LogP) is 4.54. The highest BCUT2D eigenvalue weighted by molar-refractivity contribution is 5.57. The first-order valence-corrected chi connectivity index (χ1v) is 8.12. The van der Waals surface area contributed by atoms with Gasteiger partial charge in [0, 0.05) is 19.6 Å². The minimum atomic E-state index is 0.220. The average molecular weight is 318 g/mol. The zero-order chi connectivity index (χ0) is 17.2. The highest BCUT2D eigenvalue weighted by Crippen LogP contribution is 2.26. The third-order valence-electron chi connectivity index (χ3n) is 3.62. The van der Waals surface area contributed by atoms with Gasteiger partial charge in [-0.1, -0.05) is 29.0 Å². The van der Waals surface area contributed by atoms with Crippen molar-refractivity contribution in [2.75, 3.05) is 26.0 Å². The van der Waals surface area contributed by atoms with E-state index >= 15 is 0 Å². The van der Waals surface area contributed by atoms with E-state index in [1.54, 1.807) is 7.11 Å². The molecule has 1 aromatic carbocycles. The lowest BCUT2D eigenvalue weighted by atomic mass is 10.0. The summed E-state index contributed by atoms with van der Waals surface area (Å²) in [6.45, 7) is 9.08. The molecule has 0 amide bonds. The minimum Gasteiger partial charge on any atom is -0.495 e. The first-order valence-electron chi connectivity index (χ1n) is 8.12. The molecule has 0 radical (unpaired) electrons. The molecule has 0 aliphatic heterocycles. The zero-order valence-corrected chi connectivity index (χ0v) is 15.2. The summed E-state index contributed by atoms with van der Waals surface area (Å²) >= 11 is 0. The Labute approximate surface area is 140 Å². The summed E-state index contributed by atoms with van der Waals surface area (Å²) in [6.07, 6.45) is 3.07. The molecule has 1 N–H and O–H groups in total. The molecule has 128 valence electrons. The number of anilines is 1. The number of benzene rings is 1. The topological polar surface area (TPSA) is 49.2 Å². The second kappa shape index (κ2) is 9.87. The maximum atomic E-state index is 5.42. The van der Waals surface area contributed by atoms with Gasteiger partial charge in [-0.15, -0.1) is 0 Å². The van der Waals surface area contributed by atoms with Gasteiger partial charge in [0.25, 0.3) is 0 Å². The number of hydrogen-bond acceptors (Lipinski definition) is 4. The number of nitrogens with zero attached hydrogens (tertiary/aromatic N) is 3. The van der Waals surface area contributed by atoms with Crippen LogP contribution < -0.4 is 10.1 Å². The molecular formula is C18H30N4O. The van der Waals surface area contributed by atoms with Crippen molar-refractivity contribution in [3.8, 4) is 5.75 Å².